The minimum atomic E-state index is -0.241. The Kier molecular flexibility index (Phi) is 5.30. The largest absolute Gasteiger partial charge is 0.496 e. The zero-order valence-corrected chi connectivity index (χ0v) is 15.6. The molecule has 5 heteroatoms. The maximum Gasteiger partial charge on any atom is 0.244 e. The Morgan fingerprint density at radius 2 is 2.08 bits per heavy atom. The van der Waals surface area contributed by atoms with Gasteiger partial charge in [-0.3, -0.25) is 9.69 Å². The van der Waals surface area contributed by atoms with E-state index in [0.717, 1.165) is 30.0 Å². The zero-order chi connectivity index (χ0) is 18.0. The second-order valence-electron chi connectivity index (χ2n) is 6.42. The highest BCUT2D eigenvalue weighted by Gasteiger charge is 2.29. The fourth-order valence-corrected chi connectivity index (χ4v) is 3.45. The summed E-state index contributed by atoms with van der Waals surface area (Å²) >= 11 is 6.11. The van der Waals surface area contributed by atoms with Gasteiger partial charge in [-0.15, -0.1) is 0 Å². The molecule has 0 fully saturated rings. The van der Waals surface area contributed by atoms with E-state index >= 15 is 0 Å². The van der Waals surface area contributed by atoms with Gasteiger partial charge >= 0.3 is 0 Å². The average Bonchev–Trinajstić information content (AvgIpc) is 3.04. The lowest BCUT2D eigenvalue weighted by Crippen LogP contribution is -2.45. The van der Waals surface area contributed by atoms with E-state index < -0.39 is 0 Å². The van der Waals surface area contributed by atoms with E-state index in [4.69, 9.17) is 16.3 Å². The first-order valence-corrected chi connectivity index (χ1v) is 8.81. The second kappa shape index (κ2) is 7.46. The predicted molar refractivity (Wildman–Crippen MR) is 101 cm³/mol. The molecule has 0 saturated heterocycles. The molecule has 4 nitrogen and oxygen atoms in total. The van der Waals surface area contributed by atoms with Crippen molar-refractivity contribution in [3.63, 3.8) is 0 Å². The molecule has 0 spiro atoms. The number of likely N-dealkylation sites (N-methyl/N-ethyl adjacent to an activating group) is 1. The van der Waals surface area contributed by atoms with E-state index in [9.17, 15) is 4.79 Å². The van der Waals surface area contributed by atoms with Crippen molar-refractivity contribution in [3.8, 4) is 5.75 Å². The summed E-state index contributed by atoms with van der Waals surface area (Å²) in [5.74, 6) is 0.899. The number of hydrogen-bond acceptors (Lipinski definition) is 3. The van der Waals surface area contributed by atoms with Crippen LogP contribution in [0.5, 0.6) is 5.75 Å². The lowest BCUT2D eigenvalue weighted by Gasteiger charge is -2.29. The van der Waals surface area contributed by atoms with Crippen LogP contribution in [0.15, 0.2) is 42.5 Å². The van der Waals surface area contributed by atoms with Crippen molar-refractivity contribution in [2.75, 3.05) is 25.6 Å². The van der Waals surface area contributed by atoms with Crippen LogP contribution in [0.3, 0.4) is 0 Å². The van der Waals surface area contributed by atoms with Gasteiger partial charge in [-0.25, -0.2) is 0 Å². The van der Waals surface area contributed by atoms with Crippen LogP contribution in [0.2, 0.25) is 5.02 Å². The Hall–Kier alpha value is -2.04. The number of ether oxygens (including phenoxy) is 1. The molecule has 0 radical (unpaired) electrons. The molecule has 1 heterocycles. The topological polar surface area (TPSA) is 32.8 Å². The monoisotopic (exact) mass is 358 g/mol. The summed E-state index contributed by atoms with van der Waals surface area (Å²) in [6.07, 6.45) is 0.917. The third-order valence-corrected chi connectivity index (χ3v) is 5.07. The highest BCUT2D eigenvalue weighted by atomic mass is 35.5. The normalized spacial score (nSPS) is 14.5. The van der Waals surface area contributed by atoms with Crippen molar-refractivity contribution in [1.29, 1.82) is 0 Å². The highest BCUT2D eigenvalue weighted by molar-refractivity contribution is 6.30. The third-order valence-electron chi connectivity index (χ3n) is 4.83. The Balaban J connectivity index is 1.74. The number of rotatable bonds is 5. The van der Waals surface area contributed by atoms with Crippen LogP contribution < -0.4 is 9.64 Å². The van der Waals surface area contributed by atoms with Crippen molar-refractivity contribution >= 4 is 23.2 Å². The molecule has 0 aliphatic carbocycles. The highest BCUT2D eigenvalue weighted by Crippen LogP contribution is 2.29. The van der Waals surface area contributed by atoms with E-state index in [2.05, 4.69) is 6.07 Å². The number of benzene rings is 2. The SMILES string of the molecule is COc1ccc(Cl)cc1CN(C)[C@@H](C)C(=O)N1CCc2ccccc21. The summed E-state index contributed by atoms with van der Waals surface area (Å²) in [7, 11) is 3.59. The van der Waals surface area contributed by atoms with Crippen molar-refractivity contribution in [2.45, 2.75) is 25.9 Å². The minimum Gasteiger partial charge on any atom is -0.496 e. The standard InChI is InChI=1S/C20H23ClN2O2/c1-14(20(24)23-11-10-15-6-4-5-7-18(15)23)22(2)13-16-12-17(21)8-9-19(16)25-3/h4-9,12,14H,10-11,13H2,1-3H3/t14-/m0/s1. The number of para-hydroxylation sites is 1. The average molecular weight is 359 g/mol. The molecule has 0 saturated carbocycles. The van der Waals surface area contributed by atoms with E-state index in [1.807, 2.05) is 54.1 Å². The smallest absolute Gasteiger partial charge is 0.244 e. The molecule has 3 rings (SSSR count). The van der Waals surface area contributed by atoms with Gasteiger partial charge < -0.3 is 9.64 Å². The first-order valence-electron chi connectivity index (χ1n) is 8.43. The molecule has 0 bridgehead atoms. The summed E-state index contributed by atoms with van der Waals surface area (Å²) in [6.45, 7) is 3.28. The minimum absolute atomic E-state index is 0.119. The Morgan fingerprint density at radius 1 is 1.32 bits per heavy atom. The van der Waals surface area contributed by atoms with E-state index in [-0.39, 0.29) is 11.9 Å². The first-order chi connectivity index (χ1) is 12.0. The molecule has 1 amide bonds. The van der Waals surface area contributed by atoms with Gasteiger partial charge in [0.25, 0.3) is 0 Å². The zero-order valence-electron chi connectivity index (χ0n) is 14.8. The third kappa shape index (κ3) is 3.65. The second-order valence-corrected chi connectivity index (χ2v) is 6.85. The number of amides is 1. The van der Waals surface area contributed by atoms with E-state index in [1.165, 1.54) is 5.56 Å². The molecule has 0 N–H and O–H groups in total. The molecular weight excluding hydrogens is 336 g/mol. The molecule has 1 aliphatic heterocycles. The number of methoxy groups -OCH3 is 1. The molecule has 1 aliphatic rings. The van der Waals surface area contributed by atoms with Gasteiger partial charge in [-0.05, 0) is 50.2 Å². The summed E-state index contributed by atoms with van der Waals surface area (Å²) in [5, 5.41) is 0.664. The molecule has 132 valence electrons. The van der Waals surface area contributed by atoms with Gasteiger partial charge in [-0.1, -0.05) is 29.8 Å². The predicted octanol–water partition coefficient (Wildman–Crippen LogP) is 3.76. The molecule has 1 atom stereocenters. The van der Waals surface area contributed by atoms with Crippen LogP contribution in [-0.2, 0) is 17.8 Å². The van der Waals surface area contributed by atoms with Crippen molar-refractivity contribution in [3.05, 3.63) is 58.6 Å². The summed E-state index contributed by atoms with van der Waals surface area (Å²) < 4.78 is 5.41. The lowest BCUT2D eigenvalue weighted by molar-refractivity contribution is -0.122. The molecule has 25 heavy (non-hydrogen) atoms. The summed E-state index contributed by atoms with van der Waals surface area (Å²) in [4.78, 5) is 16.9. The Labute approximate surface area is 154 Å². The number of hydrogen-bond donors (Lipinski definition) is 0. The van der Waals surface area contributed by atoms with E-state index in [1.54, 1.807) is 13.2 Å². The molecule has 0 aromatic heterocycles. The number of carbonyl (C=O) groups excluding carboxylic acids is 1. The number of fused-ring (bicyclic) bond motifs is 1. The van der Waals surface area contributed by atoms with Crippen LogP contribution >= 0.6 is 11.6 Å². The quantitative estimate of drug-likeness (QED) is 0.815. The van der Waals surface area contributed by atoms with E-state index in [0.29, 0.717) is 11.6 Å². The fourth-order valence-electron chi connectivity index (χ4n) is 3.26. The maximum atomic E-state index is 13.0. The lowest BCUT2D eigenvalue weighted by atomic mass is 10.1. The summed E-state index contributed by atoms with van der Waals surface area (Å²) in [5.41, 5.74) is 3.24. The fraction of sp³-hybridized carbons (Fsp3) is 0.350. The van der Waals surface area contributed by atoms with Crippen LogP contribution in [0.4, 0.5) is 5.69 Å². The van der Waals surface area contributed by atoms with Crippen LogP contribution in [0, 0.1) is 0 Å². The summed E-state index contributed by atoms with van der Waals surface area (Å²) in [6, 6.07) is 13.4. The van der Waals surface area contributed by atoms with Gasteiger partial charge in [0, 0.05) is 29.4 Å². The Morgan fingerprint density at radius 3 is 2.84 bits per heavy atom. The van der Waals surface area contributed by atoms with Gasteiger partial charge in [0.05, 0.1) is 13.2 Å². The van der Waals surface area contributed by atoms with Gasteiger partial charge in [-0.2, -0.15) is 0 Å². The number of halogens is 1. The number of carbonyl (C=O) groups is 1. The number of nitrogens with zero attached hydrogens (tertiary/aromatic N) is 2. The van der Waals surface area contributed by atoms with Gasteiger partial charge in [0.2, 0.25) is 5.91 Å². The molecule has 2 aromatic rings. The van der Waals surface area contributed by atoms with Crippen LogP contribution in [0.1, 0.15) is 18.1 Å². The number of anilines is 1. The first kappa shape index (κ1) is 17.8. The maximum absolute atomic E-state index is 13.0. The molecule has 2 aromatic carbocycles. The van der Waals surface area contributed by atoms with Crippen molar-refractivity contribution in [1.82, 2.24) is 4.90 Å². The van der Waals surface area contributed by atoms with Gasteiger partial charge in [0.15, 0.2) is 0 Å². The van der Waals surface area contributed by atoms with Gasteiger partial charge in [0.1, 0.15) is 5.75 Å². The van der Waals surface area contributed by atoms with Crippen molar-refractivity contribution in [2.24, 2.45) is 0 Å². The molecule has 0 unspecified atom stereocenters. The van der Waals surface area contributed by atoms with Crippen LogP contribution in [0.25, 0.3) is 0 Å². The Bertz CT molecular complexity index is 778. The molecular formula is C20H23ClN2O2. The van der Waals surface area contributed by atoms with Crippen molar-refractivity contribution < 1.29 is 9.53 Å². The van der Waals surface area contributed by atoms with Crippen LogP contribution in [-0.4, -0.2) is 37.6 Å².